The van der Waals surface area contributed by atoms with Crippen LogP contribution in [0, 0.1) is 0 Å². The Balaban J connectivity index is 2.98. The summed E-state index contributed by atoms with van der Waals surface area (Å²) in [5, 5.41) is 17.9. The molecule has 1 aromatic rings. The highest BCUT2D eigenvalue weighted by Gasteiger charge is 2.09. The van der Waals surface area contributed by atoms with Crippen molar-refractivity contribution in [3.63, 3.8) is 0 Å². The lowest BCUT2D eigenvalue weighted by Crippen LogP contribution is -2.09. The first-order valence-corrected chi connectivity index (χ1v) is 4.10. The third kappa shape index (κ3) is 2.56. The van der Waals surface area contributed by atoms with Gasteiger partial charge in [-0.3, -0.25) is 0 Å². The SMILES string of the molecule is CC(O)Cc1ccccc1C(=O)O. The van der Waals surface area contributed by atoms with E-state index in [9.17, 15) is 4.79 Å². The second-order valence-electron chi connectivity index (χ2n) is 3.02. The zero-order valence-corrected chi connectivity index (χ0v) is 7.40. The van der Waals surface area contributed by atoms with Gasteiger partial charge in [-0.2, -0.15) is 0 Å². The Bertz CT molecular complexity index is 305. The van der Waals surface area contributed by atoms with Crippen molar-refractivity contribution >= 4 is 5.97 Å². The molecule has 3 heteroatoms. The van der Waals surface area contributed by atoms with E-state index in [0.29, 0.717) is 12.0 Å². The van der Waals surface area contributed by atoms with E-state index in [1.165, 1.54) is 0 Å². The first-order chi connectivity index (χ1) is 6.11. The average Bonchev–Trinajstić information content (AvgIpc) is 2.03. The van der Waals surface area contributed by atoms with Gasteiger partial charge in [-0.05, 0) is 25.0 Å². The zero-order valence-electron chi connectivity index (χ0n) is 7.40. The van der Waals surface area contributed by atoms with Gasteiger partial charge in [0, 0.05) is 0 Å². The molecule has 0 saturated carbocycles. The number of aliphatic hydroxyl groups is 1. The van der Waals surface area contributed by atoms with Gasteiger partial charge < -0.3 is 10.2 Å². The number of benzene rings is 1. The smallest absolute Gasteiger partial charge is 0.335 e. The molecule has 1 atom stereocenters. The Kier molecular flexibility index (Phi) is 3.03. The van der Waals surface area contributed by atoms with Gasteiger partial charge in [-0.25, -0.2) is 4.79 Å². The van der Waals surface area contributed by atoms with Crippen LogP contribution >= 0.6 is 0 Å². The highest BCUT2D eigenvalue weighted by molar-refractivity contribution is 5.89. The van der Waals surface area contributed by atoms with Crippen molar-refractivity contribution in [2.45, 2.75) is 19.4 Å². The predicted octanol–water partition coefficient (Wildman–Crippen LogP) is 1.31. The fourth-order valence-electron chi connectivity index (χ4n) is 1.23. The monoisotopic (exact) mass is 180 g/mol. The third-order valence-electron chi connectivity index (χ3n) is 1.76. The summed E-state index contributed by atoms with van der Waals surface area (Å²) in [6, 6.07) is 6.70. The number of hydrogen-bond donors (Lipinski definition) is 2. The summed E-state index contributed by atoms with van der Waals surface area (Å²) in [6.07, 6.45) is -0.136. The highest BCUT2D eigenvalue weighted by Crippen LogP contribution is 2.10. The predicted molar refractivity (Wildman–Crippen MR) is 48.8 cm³/mol. The van der Waals surface area contributed by atoms with Crippen molar-refractivity contribution in [3.8, 4) is 0 Å². The molecule has 1 rings (SSSR count). The molecular formula is C10H12O3. The summed E-state index contributed by atoms with van der Waals surface area (Å²) in [6.45, 7) is 1.64. The quantitative estimate of drug-likeness (QED) is 0.737. The van der Waals surface area contributed by atoms with Crippen LogP contribution in [0.2, 0.25) is 0 Å². The van der Waals surface area contributed by atoms with Crippen molar-refractivity contribution in [1.29, 1.82) is 0 Å². The largest absolute Gasteiger partial charge is 0.478 e. The van der Waals surface area contributed by atoms with Crippen LogP contribution in [0.5, 0.6) is 0 Å². The van der Waals surface area contributed by atoms with E-state index in [-0.39, 0.29) is 5.56 Å². The molecule has 1 unspecified atom stereocenters. The van der Waals surface area contributed by atoms with Crippen LogP contribution in [0.25, 0.3) is 0 Å². The van der Waals surface area contributed by atoms with E-state index >= 15 is 0 Å². The number of rotatable bonds is 3. The molecule has 0 saturated heterocycles. The first-order valence-electron chi connectivity index (χ1n) is 4.10. The van der Waals surface area contributed by atoms with Crippen LogP contribution < -0.4 is 0 Å². The standard InChI is InChI=1S/C10H12O3/c1-7(11)6-8-4-2-3-5-9(8)10(12)13/h2-5,7,11H,6H2,1H3,(H,12,13). The number of aliphatic hydroxyl groups excluding tert-OH is 1. The van der Waals surface area contributed by atoms with Crippen molar-refractivity contribution < 1.29 is 15.0 Å². The second kappa shape index (κ2) is 4.05. The highest BCUT2D eigenvalue weighted by atomic mass is 16.4. The minimum Gasteiger partial charge on any atom is -0.478 e. The van der Waals surface area contributed by atoms with Gasteiger partial charge in [0.15, 0.2) is 0 Å². The van der Waals surface area contributed by atoms with Crippen LogP contribution in [0.3, 0.4) is 0 Å². The Morgan fingerprint density at radius 1 is 1.46 bits per heavy atom. The number of aromatic carboxylic acids is 1. The van der Waals surface area contributed by atoms with Gasteiger partial charge >= 0.3 is 5.97 Å². The summed E-state index contributed by atoms with van der Waals surface area (Å²) in [5.41, 5.74) is 0.938. The molecule has 0 aliphatic rings. The summed E-state index contributed by atoms with van der Waals surface area (Å²) in [7, 11) is 0. The van der Waals surface area contributed by atoms with E-state index in [1.54, 1.807) is 31.2 Å². The lowest BCUT2D eigenvalue weighted by Gasteiger charge is -2.07. The Labute approximate surface area is 76.6 Å². The molecule has 0 heterocycles. The molecule has 0 aliphatic heterocycles. The topological polar surface area (TPSA) is 57.5 Å². The Morgan fingerprint density at radius 2 is 2.08 bits per heavy atom. The molecular weight excluding hydrogens is 168 g/mol. The second-order valence-corrected chi connectivity index (χ2v) is 3.02. The number of hydrogen-bond acceptors (Lipinski definition) is 2. The van der Waals surface area contributed by atoms with Gasteiger partial charge in [-0.1, -0.05) is 18.2 Å². The molecule has 2 N–H and O–H groups in total. The Morgan fingerprint density at radius 3 is 2.62 bits per heavy atom. The van der Waals surface area contributed by atoms with Crippen LogP contribution in [0.15, 0.2) is 24.3 Å². The van der Waals surface area contributed by atoms with Gasteiger partial charge in [0.1, 0.15) is 0 Å². The van der Waals surface area contributed by atoms with E-state index in [2.05, 4.69) is 0 Å². The van der Waals surface area contributed by atoms with Gasteiger partial charge in [-0.15, -0.1) is 0 Å². The molecule has 0 aliphatic carbocycles. The maximum Gasteiger partial charge on any atom is 0.335 e. The Hall–Kier alpha value is -1.35. The van der Waals surface area contributed by atoms with Crippen molar-refractivity contribution in [1.82, 2.24) is 0 Å². The van der Waals surface area contributed by atoms with E-state index in [1.807, 2.05) is 0 Å². The fraction of sp³-hybridized carbons (Fsp3) is 0.300. The third-order valence-corrected chi connectivity index (χ3v) is 1.76. The zero-order chi connectivity index (χ0) is 9.84. The minimum atomic E-state index is -0.948. The lowest BCUT2D eigenvalue weighted by molar-refractivity contribution is 0.0695. The van der Waals surface area contributed by atoms with E-state index in [0.717, 1.165) is 0 Å². The van der Waals surface area contributed by atoms with E-state index < -0.39 is 12.1 Å². The number of carboxylic acid groups (broad SMARTS) is 1. The summed E-state index contributed by atoms with van der Waals surface area (Å²) in [5.74, 6) is -0.948. The van der Waals surface area contributed by atoms with Crippen LogP contribution in [0.4, 0.5) is 0 Å². The fourth-order valence-corrected chi connectivity index (χ4v) is 1.23. The minimum absolute atomic E-state index is 0.267. The molecule has 0 spiro atoms. The number of carboxylic acids is 1. The summed E-state index contributed by atoms with van der Waals surface area (Å²) >= 11 is 0. The van der Waals surface area contributed by atoms with Gasteiger partial charge in [0.2, 0.25) is 0 Å². The molecule has 0 fully saturated rings. The maximum atomic E-state index is 10.7. The van der Waals surface area contributed by atoms with Crippen molar-refractivity contribution in [2.24, 2.45) is 0 Å². The molecule has 0 amide bonds. The van der Waals surface area contributed by atoms with Crippen LogP contribution in [0.1, 0.15) is 22.8 Å². The molecule has 13 heavy (non-hydrogen) atoms. The molecule has 1 aromatic carbocycles. The summed E-state index contributed by atoms with van der Waals surface area (Å²) in [4.78, 5) is 10.7. The molecule has 0 bridgehead atoms. The van der Waals surface area contributed by atoms with Crippen LogP contribution in [-0.2, 0) is 6.42 Å². The van der Waals surface area contributed by atoms with Gasteiger partial charge in [0.05, 0.1) is 11.7 Å². The average molecular weight is 180 g/mol. The lowest BCUT2D eigenvalue weighted by atomic mass is 10.0. The molecule has 70 valence electrons. The maximum absolute atomic E-state index is 10.7. The molecule has 0 aromatic heterocycles. The van der Waals surface area contributed by atoms with Crippen molar-refractivity contribution in [3.05, 3.63) is 35.4 Å². The summed E-state index contributed by atoms with van der Waals surface area (Å²) < 4.78 is 0. The number of carbonyl (C=O) groups is 1. The normalized spacial score (nSPS) is 12.5. The first kappa shape index (κ1) is 9.74. The van der Waals surface area contributed by atoms with Gasteiger partial charge in [0.25, 0.3) is 0 Å². The van der Waals surface area contributed by atoms with Crippen molar-refractivity contribution in [2.75, 3.05) is 0 Å². The van der Waals surface area contributed by atoms with Crippen LogP contribution in [-0.4, -0.2) is 22.3 Å². The molecule has 0 radical (unpaired) electrons. The van der Waals surface area contributed by atoms with E-state index in [4.69, 9.17) is 10.2 Å². The molecule has 3 nitrogen and oxygen atoms in total.